The number of nitro groups is 1. The minimum atomic E-state index is -0.441. The highest BCUT2D eigenvalue weighted by atomic mass is 32.2. The summed E-state index contributed by atoms with van der Waals surface area (Å²) in [6, 6.07) is 6.04. The number of thioether (sulfide) groups is 1. The largest absolute Gasteiger partial charge is 0.419 e. The molecule has 0 radical (unpaired) electrons. The summed E-state index contributed by atoms with van der Waals surface area (Å²) in [5.41, 5.74) is 0.669. The monoisotopic (exact) mass is 386 g/mol. The molecule has 1 aliphatic rings. The van der Waals surface area contributed by atoms with Crippen molar-refractivity contribution in [1.82, 2.24) is 25.0 Å². The molecule has 0 spiro atoms. The molecule has 9 nitrogen and oxygen atoms in total. The highest BCUT2D eigenvalue weighted by Gasteiger charge is 2.22. The predicted molar refractivity (Wildman–Crippen MR) is 98.2 cm³/mol. The lowest BCUT2D eigenvalue weighted by atomic mass is 10.2. The Morgan fingerprint density at radius 1 is 1.15 bits per heavy atom. The van der Waals surface area contributed by atoms with Crippen LogP contribution in [-0.2, 0) is 13.0 Å². The second-order valence-corrected chi connectivity index (χ2v) is 7.68. The summed E-state index contributed by atoms with van der Waals surface area (Å²) in [7, 11) is 0. The third-order valence-corrected chi connectivity index (χ3v) is 5.54. The van der Waals surface area contributed by atoms with E-state index >= 15 is 0 Å². The molecule has 2 aromatic heterocycles. The molecule has 0 fully saturated rings. The average Bonchev–Trinajstić information content (AvgIpc) is 3.23. The third kappa shape index (κ3) is 3.70. The Morgan fingerprint density at radius 2 is 1.96 bits per heavy atom. The van der Waals surface area contributed by atoms with Crippen LogP contribution >= 0.6 is 11.8 Å². The molecule has 1 aliphatic heterocycles. The van der Waals surface area contributed by atoms with E-state index in [0.717, 1.165) is 36.8 Å². The quantitative estimate of drug-likeness (QED) is 0.369. The van der Waals surface area contributed by atoms with Gasteiger partial charge in [0.2, 0.25) is 11.8 Å². The van der Waals surface area contributed by atoms with Gasteiger partial charge in [0.25, 0.3) is 5.69 Å². The minimum Gasteiger partial charge on any atom is -0.419 e. The van der Waals surface area contributed by atoms with Crippen molar-refractivity contribution in [3.8, 4) is 11.5 Å². The molecule has 3 heterocycles. The normalized spacial score (nSPS) is 15.1. The van der Waals surface area contributed by atoms with Gasteiger partial charge in [-0.15, -0.1) is 20.4 Å². The lowest BCUT2D eigenvalue weighted by molar-refractivity contribution is -0.384. The zero-order valence-corrected chi connectivity index (χ0v) is 15.6. The number of benzene rings is 1. The Balaban J connectivity index is 1.50. The number of aromatic nitrogens is 5. The van der Waals surface area contributed by atoms with Crippen LogP contribution in [0.15, 0.2) is 33.8 Å². The van der Waals surface area contributed by atoms with Crippen LogP contribution in [0.4, 0.5) is 5.69 Å². The van der Waals surface area contributed by atoms with E-state index in [1.165, 1.54) is 18.6 Å². The Kier molecular flexibility index (Phi) is 4.88. The van der Waals surface area contributed by atoms with Crippen LogP contribution in [0, 0.1) is 10.1 Å². The first-order valence-electron chi connectivity index (χ1n) is 8.79. The van der Waals surface area contributed by atoms with E-state index in [-0.39, 0.29) is 10.9 Å². The molecule has 10 heteroatoms. The Morgan fingerprint density at radius 3 is 2.74 bits per heavy atom. The molecule has 4 rings (SSSR count). The number of fused-ring (bicyclic) bond motifs is 1. The molecule has 3 aromatic rings. The number of nitrogens with zero attached hydrogens (tertiary/aromatic N) is 6. The van der Waals surface area contributed by atoms with E-state index in [0.29, 0.717) is 17.3 Å². The van der Waals surface area contributed by atoms with Crippen molar-refractivity contribution < 1.29 is 9.34 Å². The van der Waals surface area contributed by atoms with Crippen molar-refractivity contribution in [2.75, 3.05) is 0 Å². The molecule has 0 unspecified atom stereocenters. The zero-order chi connectivity index (χ0) is 18.8. The maximum atomic E-state index is 10.8. The standard InChI is InChI=1S/C17H18N6O3S/c1-11(27-17-21-18-14-5-3-2-4-10-22(14)17)15-19-20-16(26-15)12-6-8-13(9-7-12)23(24)25/h6-9,11H,2-5,10H2,1H3/t11-/m1/s1. The van der Waals surface area contributed by atoms with E-state index in [1.807, 2.05) is 6.92 Å². The fraction of sp³-hybridized carbons (Fsp3) is 0.412. The number of nitro benzene ring substituents is 1. The summed E-state index contributed by atoms with van der Waals surface area (Å²) in [6.07, 6.45) is 4.47. The molecule has 0 saturated carbocycles. The van der Waals surface area contributed by atoms with Gasteiger partial charge < -0.3 is 8.98 Å². The fourth-order valence-electron chi connectivity index (χ4n) is 3.00. The van der Waals surface area contributed by atoms with Crippen molar-refractivity contribution in [1.29, 1.82) is 0 Å². The predicted octanol–water partition coefficient (Wildman–Crippen LogP) is 3.82. The zero-order valence-electron chi connectivity index (χ0n) is 14.7. The van der Waals surface area contributed by atoms with Gasteiger partial charge in [0.15, 0.2) is 5.16 Å². The maximum absolute atomic E-state index is 10.8. The summed E-state index contributed by atoms with van der Waals surface area (Å²) in [5.74, 6) is 1.87. The van der Waals surface area contributed by atoms with Crippen LogP contribution in [0.2, 0.25) is 0 Å². The average molecular weight is 386 g/mol. The van der Waals surface area contributed by atoms with Crippen molar-refractivity contribution in [2.24, 2.45) is 0 Å². The van der Waals surface area contributed by atoms with Gasteiger partial charge in [0.1, 0.15) is 5.82 Å². The third-order valence-electron chi connectivity index (χ3n) is 4.47. The topological polar surface area (TPSA) is 113 Å². The van der Waals surface area contributed by atoms with Crippen molar-refractivity contribution in [2.45, 2.75) is 49.6 Å². The molecule has 1 atom stereocenters. The fourth-order valence-corrected chi connectivity index (χ4v) is 3.92. The van der Waals surface area contributed by atoms with Crippen LogP contribution in [-0.4, -0.2) is 29.9 Å². The smallest absolute Gasteiger partial charge is 0.269 e. The molecule has 0 saturated heterocycles. The molecule has 1 aromatic carbocycles. The molecule has 140 valence electrons. The first-order chi connectivity index (χ1) is 13.1. The van der Waals surface area contributed by atoms with Crippen molar-refractivity contribution >= 4 is 17.4 Å². The summed E-state index contributed by atoms with van der Waals surface area (Å²) in [5, 5.41) is 28.4. The van der Waals surface area contributed by atoms with Gasteiger partial charge in [0.05, 0.1) is 10.2 Å². The lowest BCUT2D eigenvalue weighted by Gasteiger charge is -2.09. The van der Waals surface area contributed by atoms with Crippen molar-refractivity contribution in [3.05, 3.63) is 46.1 Å². The Labute approximate surface area is 159 Å². The van der Waals surface area contributed by atoms with Crippen molar-refractivity contribution in [3.63, 3.8) is 0 Å². The van der Waals surface area contributed by atoms with Gasteiger partial charge in [-0.2, -0.15) is 0 Å². The molecule has 0 aliphatic carbocycles. The summed E-state index contributed by atoms with van der Waals surface area (Å²) < 4.78 is 7.96. The van der Waals surface area contributed by atoms with Gasteiger partial charge in [-0.25, -0.2) is 0 Å². The van der Waals surface area contributed by atoms with Gasteiger partial charge in [-0.3, -0.25) is 10.1 Å². The lowest BCUT2D eigenvalue weighted by Crippen LogP contribution is -2.03. The summed E-state index contributed by atoms with van der Waals surface area (Å²) in [6.45, 7) is 2.92. The molecular weight excluding hydrogens is 368 g/mol. The Hall–Kier alpha value is -2.75. The SMILES string of the molecule is C[C@@H](Sc1nnc2n1CCCCC2)c1nnc(-c2ccc([N+](=O)[O-])cc2)o1. The molecule has 27 heavy (non-hydrogen) atoms. The van der Waals surface area contributed by atoms with E-state index in [1.54, 1.807) is 23.9 Å². The molecule has 0 bridgehead atoms. The van der Waals surface area contributed by atoms with Gasteiger partial charge >= 0.3 is 0 Å². The van der Waals surface area contributed by atoms with Gasteiger partial charge in [-0.1, -0.05) is 18.2 Å². The second kappa shape index (κ2) is 7.47. The van der Waals surface area contributed by atoms with Gasteiger partial charge in [-0.05, 0) is 31.9 Å². The number of aryl methyl sites for hydroxylation is 1. The van der Waals surface area contributed by atoms with Gasteiger partial charge in [0, 0.05) is 30.7 Å². The Bertz CT molecular complexity index is 952. The highest BCUT2D eigenvalue weighted by Crippen LogP contribution is 2.35. The van der Waals surface area contributed by atoms with Crippen LogP contribution in [0.1, 0.15) is 43.2 Å². The maximum Gasteiger partial charge on any atom is 0.269 e. The van der Waals surface area contributed by atoms with E-state index in [2.05, 4.69) is 25.0 Å². The van der Waals surface area contributed by atoms with E-state index < -0.39 is 4.92 Å². The van der Waals surface area contributed by atoms with Crippen LogP contribution in [0.25, 0.3) is 11.5 Å². The van der Waals surface area contributed by atoms with E-state index in [9.17, 15) is 10.1 Å². The van der Waals surface area contributed by atoms with Crippen LogP contribution in [0.5, 0.6) is 0 Å². The minimum absolute atomic E-state index is 0.0231. The highest BCUT2D eigenvalue weighted by molar-refractivity contribution is 7.99. The number of non-ortho nitro benzene ring substituents is 1. The summed E-state index contributed by atoms with van der Waals surface area (Å²) in [4.78, 5) is 10.3. The number of hydrogen-bond donors (Lipinski definition) is 0. The number of rotatable bonds is 5. The molecule has 0 N–H and O–H groups in total. The molecule has 0 amide bonds. The first kappa shape index (κ1) is 17.7. The van der Waals surface area contributed by atoms with E-state index in [4.69, 9.17) is 4.42 Å². The van der Waals surface area contributed by atoms with Crippen LogP contribution < -0.4 is 0 Å². The summed E-state index contributed by atoms with van der Waals surface area (Å²) >= 11 is 1.55. The second-order valence-electron chi connectivity index (χ2n) is 6.37. The first-order valence-corrected chi connectivity index (χ1v) is 9.67. The number of hydrogen-bond acceptors (Lipinski definition) is 8. The molecular formula is C17H18N6O3S. The van der Waals surface area contributed by atoms with Crippen LogP contribution in [0.3, 0.4) is 0 Å².